The summed E-state index contributed by atoms with van der Waals surface area (Å²) in [4.78, 5) is 26.8. The summed E-state index contributed by atoms with van der Waals surface area (Å²) in [6.45, 7) is 9.41. The second kappa shape index (κ2) is 15.6. The number of hydrogen-bond donors (Lipinski definition) is 4. The van der Waals surface area contributed by atoms with Crippen LogP contribution in [0.4, 0.5) is 31.5 Å². The highest BCUT2D eigenvalue weighted by Gasteiger charge is 2.20. The molecular weight excluding hydrogens is 743 g/mol. The van der Waals surface area contributed by atoms with Gasteiger partial charge in [-0.15, -0.1) is 0 Å². The number of pyridine rings is 6. The van der Waals surface area contributed by atoms with Gasteiger partial charge in [0.15, 0.2) is 11.6 Å². The molecule has 16 heteroatoms. The van der Waals surface area contributed by atoms with Crippen LogP contribution in [0, 0.1) is 39.3 Å². The number of aliphatic hydroxyl groups excluding tert-OH is 2. The third kappa shape index (κ3) is 7.66. The van der Waals surface area contributed by atoms with Crippen LogP contribution < -0.4 is 10.6 Å². The fraction of sp³-hybridized carbons (Fsp3) is 0.238. The molecule has 0 saturated heterocycles. The van der Waals surface area contributed by atoms with Crippen molar-refractivity contribution in [2.75, 3.05) is 10.6 Å². The third-order valence-corrected chi connectivity index (χ3v) is 9.82. The summed E-state index contributed by atoms with van der Waals surface area (Å²) in [5.41, 5.74) is 9.73. The van der Waals surface area contributed by atoms with Gasteiger partial charge >= 0.3 is 0 Å². The zero-order chi connectivity index (χ0) is 40.7. The SMILES string of the molecule is Cc1ccc(F)c(-c2cc(Nc3ccnc4cnn(CC(O)Cc5cc(F)c(-c6cc(Nc7ccnc8cnn(CC(C)O)c78)c(C)cn6)nc5C)c34)c(C)cn2)n1. The molecule has 0 bridgehead atoms. The van der Waals surface area contributed by atoms with Crippen molar-refractivity contribution in [3.63, 3.8) is 0 Å². The largest absolute Gasteiger partial charge is 0.391 e. The normalized spacial score (nSPS) is 12.6. The molecule has 0 aliphatic carbocycles. The quantitative estimate of drug-likeness (QED) is 0.0993. The molecule has 8 rings (SSSR count). The van der Waals surface area contributed by atoms with Gasteiger partial charge in [-0.05, 0) is 93.8 Å². The number of aliphatic hydroxyl groups is 2. The van der Waals surface area contributed by atoms with Gasteiger partial charge < -0.3 is 20.8 Å². The predicted octanol–water partition coefficient (Wildman–Crippen LogP) is 7.07. The Kier molecular flexibility index (Phi) is 10.3. The first kappa shape index (κ1) is 38.1. The standard InChI is InChI=1S/C42H40F2N12O2/c1-22-16-47-35(39-29(43)7-6-24(3)51-39)14-33(22)54-32-9-11-46-38-19-50-56(42(32)38)21-28(58)12-27-13-30(44)40(52-26(27)5)36-15-34(23(2)17-48-36)53-31-8-10-45-37-18-49-55(41(31)37)20-25(4)57/h6-11,13-19,25,28,57-58H,12,20-21H2,1-5H3,(H,45,48,53)(H,46,47,54). The van der Waals surface area contributed by atoms with Crippen molar-refractivity contribution in [3.05, 3.63) is 119 Å². The first-order valence-corrected chi connectivity index (χ1v) is 18.7. The van der Waals surface area contributed by atoms with Gasteiger partial charge in [0, 0.05) is 54.0 Å². The van der Waals surface area contributed by atoms with Crippen LogP contribution in [0.3, 0.4) is 0 Å². The summed E-state index contributed by atoms with van der Waals surface area (Å²) >= 11 is 0. The van der Waals surface area contributed by atoms with Gasteiger partial charge in [0.2, 0.25) is 0 Å². The Hall–Kier alpha value is -6.78. The van der Waals surface area contributed by atoms with Gasteiger partial charge in [-0.25, -0.2) is 18.7 Å². The van der Waals surface area contributed by atoms with Gasteiger partial charge in [-0.1, -0.05) is 0 Å². The monoisotopic (exact) mass is 782 g/mol. The van der Waals surface area contributed by atoms with E-state index >= 15 is 4.39 Å². The number of rotatable bonds is 12. The lowest BCUT2D eigenvalue weighted by Gasteiger charge is -2.17. The molecule has 0 aliphatic heterocycles. The predicted molar refractivity (Wildman–Crippen MR) is 217 cm³/mol. The molecular formula is C42H40F2N12O2. The molecule has 294 valence electrons. The molecule has 2 unspecified atom stereocenters. The molecule has 2 atom stereocenters. The minimum atomic E-state index is -0.959. The molecule has 58 heavy (non-hydrogen) atoms. The van der Waals surface area contributed by atoms with Crippen LogP contribution in [0.5, 0.6) is 0 Å². The Bertz CT molecular complexity index is 2820. The van der Waals surface area contributed by atoms with Crippen molar-refractivity contribution >= 4 is 44.8 Å². The van der Waals surface area contributed by atoms with Gasteiger partial charge in [0.05, 0.1) is 60.5 Å². The number of nitrogens with one attached hydrogen (secondary N) is 2. The van der Waals surface area contributed by atoms with E-state index in [4.69, 9.17) is 0 Å². The van der Waals surface area contributed by atoms with Crippen molar-refractivity contribution < 1.29 is 19.0 Å². The highest BCUT2D eigenvalue weighted by atomic mass is 19.1. The minimum Gasteiger partial charge on any atom is -0.391 e. The Balaban J connectivity index is 1.02. The van der Waals surface area contributed by atoms with E-state index < -0.39 is 23.8 Å². The van der Waals surface area contributed by atoms with E-state index in [1.165, 1.54) is 12.1 Å². The summed E-state index contributed by atoms with van der Waals surface area (Å²) < 4.78 is 34.0. The van der Waals surface area contributed by atoms with E-state index in [9.17, 15) is 14.6 Å². The lowest BCUT2D eigenvalue weighted by atomic mass is 10.0. The molecule has 0 radical (unpaired) electrons. The Morgan fingerprint density at radius 1 is 0.638 bits per heavy atom. The zero-order valence-corrected chi connectivity index (χ0v) is 32.4. The maximum Gasteiger partial charge on any atom is 0.151 e. The maximum absolute atomic E-state index is 15.9. The van der Waals surface area contributed by atoms with E-state index in [2.05, 4.69) is 50.7 Å². The molecule has 0 aliphatic rings. The van der Waals surface area contributed by atoms with Crippen molar-refractivity contribution in [1.29, 1.82) is 0 Å². The summed E-state index contributed by atoms with van der Waals surface area (Å²) in [7, 11) is 0. The van der Waals surface area contributed by atoms with Crippen molar-refractivity contribution in [1.82, 2.24) is 49.5 Å². The fourth-order valence-corrected chi connectivity index (χ4v) is 6.87. The van der Waals surface area contributed by atoms with Crippen LogP contribution in [0.15, 0.2) is 79.6 Å². The van der Waals surface area contributed by atoms with Crippen LogP contribution in [-0.4, -0.2) is 71.9 Å². The smallest absolute Gasteiger partial charge is 0.151 e. The molecule has 8 heterocycles. The van der Waals surface area contributed by atoms with Crippen LogP contribution in [0.1, 0.15) is 35.0 Å². The van der Waals surface area contributed by atoms with Crippen molar-refractivity contribution in [2.45, 2.75) is 66.3 Å². The molecule has 0 fully saturated rings. The molecule has 4 N–H and O–H groups in total. The zero-order valence-electron chi connectivity index (χ0n) is 32.4. The molecule has 14 nitrogen and oxygen atoms in total. The molecule has 8 aromatic heterocycles. The summed E-state index contributed by atoms with van der Waals surface area (Å²) in [6.07, 6.45) is 8.43. The van der Waals surface area contributed by atoms with Crippen LogP contribution in [0.2, 0.25) is 0 Å². The highest BCUT2D eigenvalue weighted by Crippen LogP contribution is 2.32. The van der Waals surface area contributed by atoms with E-state index in [0.29, 0.717) is 68.5 Å². The average Bonchev–Trinajstić information content (AvgIpc) is 3.80. The number of aromatic nitrogens is 10. The maximum atomic E-state index is 15.9. The first-order valence-electron chi connectivity index (χ1n) is 18.7. The molecule has 0 saturated carbocycles. The van der Waals surface area contributed by atoms with Gasteiger partial charge in [-0.3, -0.25) is 29.3 Å². The summed E-state index contributed by atoms with van der Waals surface area (Å²) in [5, 5.41) is 37.1. The van der Waals surface area contributed by atoms with E-state index in [-0.39, 0.29) is 24.4 Å². The van der Waals surface area contributed by atoms with Crippen LogP contribution in [-0.2, 0) is 19.5 Å². The van der Waals surface area contributed by atoms with Crippen LogP contribution in [0.25, 0.3) is 44.8 Å². The number of halogens is 2. The molecule has 8 aromatic rings. The van der Waals surface area contributed by atoms with E-state index in [0.717, 1.165) is 22.3 Å². The second-order valence-electron chi connectivity index (χ2n) is 14.4. The van der Waals surface area contributed by atoms with E-state index in [1.807, 2.05) is 19.9 Å². The van der Waals surface area contributed by atoms with Gasteiger partial charge in [-0.2, -0.15) is 10.2 Å². The number of fused-ring (bicyclic) bond motifs is 2. The van der Waals surface area contributed by atoms with E-state index in [1.54, 1.807) is 91.6 Å². The third-order valence-electron chi connectivity index (χ3n) is 9.82. The average molecular weight is 783 g/mol. The van der Waals surface area contributed by atoms with Crippen molar-refractivity contribution in [3.8, 4) is 22.8 Å². The molecule has 0 aromatic carbocycles. The molecule has 0 spiro atoms. The minimum absolute atomic E-state index is 0.0770. The molecule has 0 amide bonds. The first-order chi connectivity index (χ1) is 27.9. The fourth-order valence-electron chi connectivity index (χ4n) is 6.87. The Labute approximate surface area is 331 Å². The Morgan fingerprint density at radius 3 is 1.76 bits per heavy atom. The lowest BCUT2D eigenvalue weighted by Crippen LogP contribution is -2.20. The highest BCUT2D eigenvalue weighted by molar-refractivity contribution is 5.91. The number of anilines is 4. The van der Waals surface area contributed by atoms with Crippen LogP contribution >= 0.6 is 0 Å². The summed E-state index contributed by atoms with van der Waals surface area (Å²) in [6, 6.07) is 11.5. The topological polar surface area (TPSA) is 178 Å². The van der Waals surface area contributed by atoms with Gasteiger partial charge in [0.1, 0.15) is 33.5 Å². The number of hydrogen-bond acceptors (Lipinski definition) is 12. The number of aryl methyl sites for hydroxylation is 4. The summed E-state index contributed by atoms with van der Waals surface area (Å²) in [5.74, 6) is -1.05. The number of nitrogens with zero attached hydrogens (tertiary/aromatic N) is 10. The van der Waals surface area contributed by atoms with Gasteiger partial charge in [0.25, 0.3) is 0 Å². The lowest BCUT2D eigenvalue weighted by molar-refractivity contribution is 0.151. The Morgan fingerprint density at radius 2 is 1.19 bits per heavy atom. The second-order valence-corrected chi connectivity index (χ2v) is 14.4. The van der Waals surface area contributed by atoms with Crippen molar-refractivity contribution in [2.24, 2.45) is 0 Å².